The number of hydrogen-bond acceptors (Lipinski definition) is 2. The summed E-state index contributed by atoms with van der Waals surface area (Å²) in [5.41, 5.74) is 7.40. The van der Waals surface area contributed by atoms with Crippen molar-refractivity contribution in [2.24, 2.45) is 11.1 Å². The van der Waals surface area contributed by atoms with Gasteiger partial charge < -0.3 is 10.5 Å². The van der Waals surface area contributed by atoms with Crippen LogP contribution < -0.4 is 10.5 Å². The predicted octanol–water partition coefficient (Wildman–Crippen LogP) is 5.29. The number of ether oxygens (including phenoxy) is 1. The average molecular weight is 325 g/mol. The third-order valence-corrected chi connectivity index (χ3v) is 3.98. The summed E-state index contributed by atoms with van der Waals surface area (Å²) >= 11 is 0. The van der Waals surface area contributed by atoms with Gasteiger partial charge in [0.05, 0.1) is 0 Å². The smallest absolute Gasteiger partial charge is 0.248 e. The molecule has 24 heavy (non-hydrogen) atoms. The molecule has 0 spiro atoms. The Bertz CT molecular complexity index is 692. The van der Waals surface area contributed by atoms with Crippen molar-refractivity contribution in [3.63, 3.8) is 0 Å². The molecule has 2 aromatic rings. The van der Waals surface area contributed by atoms with Crippen molar-refractivity contribution >= 4 is 5.91 Å². The maximum absolute atomic E-state index is 11.1. The van der Waals surface area contributed by atoms with E-state index in [0.717, 1.165) is 12.2 Å². The minimum atomic E-state index is -0.438. The molecule has 2 rings (SSSR count). The van der Waals surface area contributed by atoms with Crippen molar-refractivity contribution in [1.82, 2.24) is 0 Å². The second-order valence-corrected chi connectivity index (χ2v) is 8.14. The van der Waals surface area contributed by atoms with Gasteiger partial charge in [-0.05, 0) is 59.2 Å². The first-order chi connectivity index (χ1) is 11.1. The Morgan fingerprint density at radius 1 is 0.875 bits per heavy atom. The van der Waals surface area contributed by atoms with Crippen LogP contribution in [0, 0.1) is 5.41 Å². The molecule has 0 saturated heterocycles. The van der Waals surface area contributed by atoms with Crippen LogP contribution in [0.2, 0.25) is 0 Å². The molecule has 3 heteroatoms. The van der Waals surface area contributed by atoms with E-state index in [2.05, 4.69) is 46.8 Å². The molecule has 0 bridgehead atoms. The van der Waals surface area contributed by atoms with Gasteiger partial charge in [-0.1, -0.05) is 46.8 Å². The van der Waals surface area contributed by atoms with E-state index in [0.29, 0.717) is 11.3 Å². The highest BCUT2D eigenvalue weighted by Gasteiger charge is 2.27. The molecule has 3 nitrogen and oxygen atoms in total. The van der Waals surface area contributed by atoms with Gasteiger partial charge in [-0.15, -0.1) is 0 Å². The summed E-state index contributed by atoms with van der Waals surface area (Å²) in [4.78, 5) is 11.1. The molecule has 0 aromatic heterocycles. The highest BCUT2D eigenvalue weighted by atomic mass is 16.5. The van der Waals surface area contributed by atoms with Crippen LogP contribution in [0.25, 0.3) is 0 Å². The van der Waals surface area contributed by atoms with Gasteiger partial charge in [0, 0.05) is 5.56 Å². The zero-order valence-corrected chi connectivity index (χ0v) is 15.2. The zero-order chi connectivity index (χ0) is 18.0. The molecule has 0 aliphatic heterocycles. The Morgan fingerprint density at radius 2 is 1.33 bits per heavy atom. The van der Waals surface area contributed by atoms with E-state index in [9.17, 15) is 4.79 Å². The van der Waals surface area contributed by atoms with Crippen molar-refractivity contribution in [2.45, 2.75) is 46.5 Å². The van der Waals surface area contributed by atoms with Crippen LogP contribution >= 0.6 is 0 Å². The first kappa shape index (κ1) is 18.1. The van der Waals surface area contributed by atoms with Crippen LogP contribution in [0.3, 0.4) is 0 Å². The molecule has 128 valence electrons. The van der Waals surface area contributed by atoms with E-state index in [1.165, 1.54) is 5.56 Å². The number of primary amides is 1. The maximum Gasteiger partial charge on any atom is 0.248 e. The molecule has 0 aliphatic carbocycles. The number of benzene rings is 2. The topological polar surface area (TPSA) is 52.3 Å². The van der Waals surface area contributed by atoms with Crippen LogP contribution in [0.15, 0.2) is 48.5 Å². The van der Waals surface area contributed by atoms with Gasteiger partial charge in [0.1, 0.15) is 11.5 Å². The molecule has 0 heterocycles. The van der Waals surface area contributed by atoms with Crippen LogP contribution in [0.5, 0.6) is 11.5 Å². The van der Waals surface area contributed by atoms with Gasteiger partial charge in [-0.3, -0.25) is 4.79 Å². The first-order valence-electron chi connectivity index (χ1n) is 8.25. The summed E-state index contributed by atoms with van der Waals surface area (Å²) in [5, 5.41) is 0. The van der Waals surface area contributed by atoms with E-state index >= 15 is 0 Å². The molecular weight excluding hydrogens is 298 g/mol. The number of carbonyl (C=O) groups excluding carboxylic acids is 1. The second kappa shape index (κ2) is 6.68. The summed E-state index contributed by atoms with van der Waals surface area (Å²) in [5.74, 6) is 1.02. The van der Waals surface area contributed by atoms with Crippen molar-refractivity contribution in [1.29, 1.82) is 0 Å². The largest absolute Gasteiger partial charge is 0.457 e. The van der Waals surface area contributed by atoms with Gasteiger partial charge in [0.15, 0.2) is 0 Å². The third-order valence-electron chi connectivity index (χ3n) is 3.98. The summed E-state index contributed by atoms with van der Waals surface area (Å²) in [7, 11) is 0. The van der Waals surface area contributed by atoms with Crippen LogP contribution in [0.4, 0.5) is 0 Å². The van der Waals surface area contributed by atoms with Crippen molar-refractivity contribution in [3.05, 3.63) is 59.7 Å². The average Bonchev–Trinajstić information content (AvgIpc) is 2.46. The number of nitrogens with two attached hydrogens (primary N) is 1. The molecule has 2 N–H and O–H groups in total. The lowest BCUT2D eigenvalue weighted by Crippen LogP contribution is -2.24. The lowest BCUT2D eigenvalue weighted by atomic mass is 9.72. The molecule has 2 aromatic carbocycles. The third kappa shape index (κ3) is 4.85. The fraction of sp³-hybridized carbons (Fsp3) is 0.381. The monoisotopic (exact) mass is 325 g/mol. The number of rotatable bonds is 5. The normalized spacial score (nSPS) is 12.0. The van der Waals surface area contributed by atoms with Crippen molar-refractivity contribution in [2.75, 3.05) is 0 Å². The summed E-state index contributed by atoms with van der Waals surface area (Å²) in [6.45, 7) is 11.3. The van der Waals surface area contributed by atoms with E-state index < -0.39 is 5.91 Å². The van der Waals surface area contributed by atoms with Gasteiger partial charge in [0.2, 0.25) is 5.91 Å². The summed E-state index contributed by atoms with van der Waals surface area (Å²) in [6, 6.07) is 15.0. The molecule has 0 saturated carbocycles. The van der Waals surface area contributed by atoms with Gasteiger partial charge in [-0.25, -0.2) is 0 Å². The Morgan fingerprint density at radius 3 is 1.75 bits per heavy atom. The number of carbonyl (C=O) groups is 1. The highest BCUT2D eigenvalue weighted by molar-refractivity contribution is 5.92. The molecular formula is C21H27NO2. The van der Waals surface area contributed by atoms with E-state index in [-0.39, 0.29) is 10.8 Å². The Hall–Kier alpha value is -2.29. The lowest BCUT2D eigenvalue weighted by molar-refractivity contribution is 0.100. The number of amides is 1. The van der Waals surface area contributed by atoms with Gasteiger partial charge in [-0.2, -0.15) is 0 Å². The predicted molar refractivity (Wildman–Crippen MR) is 98.6 cm³/mol. The summed E-state index contributed by atoms with van der Waals surface area (Å²) < 4.78 is 5.83. The second-order valence-electron chi connectivity index (χ2n) is 8.14. The summed E-state index contributed by atoms with van der Waals surface area (Å²) in [6.07, 6.45) is 1.11. The van der Waals surface area contributed by atoms with E-state index in [1.807, 2.05) is 12.1 Å². The minimum absolute atomic E-state index is 0.111. The molecule has 0 radical (unpaired) electrons. The number of hydrogen-bond donors (Lipinski definition) is 1. The molecule has 1 amide bonds. The van der Waals surface area contributed by atoms with Gasteiger partial charge in [0.25, 0.3) is 0 Å². The molecule has 0 fully saturated rings. The Kier molecular flexibility index (Phi) is 5.02. The molecule has 0 unspecified atom stereocenters. The van der Waals surface area contributed by atoms with Crippen LogP contribution in [0.1, 0.15) is 57.0 Å². The van der Waals surface area contributed by atoms with Crippen molar-refractivity contribution in [3.8, 4) is 11.5 Å². The SMILES string of the molecule is CC(C)(C)CC(C)(C)c1ccc(Oc2ccc(C(N)=O)cc2)cc1. The zero-order valence-electron chi connectivity index (χ0n) is 15.2. The van der Waals surface area contributed by atoms with Crippen LogP contribution in [-0.4, -0.2) is 5.91 Å². The van der Waals surface area contributed by atoms with Crippen molar-refractivity contribution < 1.29 is 9.53 Å². The quantitative estimate of drug-likeness (QED) is 0.812. The van der Waals surface area contributed by atoms with Crippen LogP contribution in [-0.2, 0) is 5.41 Å². The minimum Gasteiger partial charge on any atom is -0.457 e. The van der Waals surface area contributed by atoms with E-state index in [1.54, 1.807) is 24.3 Å². The molecule has 0 aliphatic rings. The lowest BCUT2D eigenvalue weighted by Gasteiger charge is -2.33. The van der Waals surface area contributed by atoms with Gasteiger partial charge >= 0.3 is 0 Å². The molecule has 0 atom stereocenters. The highest BCUT2D eigenvalue weighted by Crippen LogP contribution is 2.37. The first-order valence-corrected chi connectivity index (χ1v) is 8.25. The Labute approximate surface area is 144 Å². The maximum atomic E-state index is 11.1. The fourth-order valence-electron chi connectivity index (χ4n) is 3.23. The van der Waals surface area contributed by atoms with E-state index in [4.69, 9.17) is 10.5 Å². The Balaban J connectivity index is 2.10. The standard InChI is InChI=1S/C21H27NO2/c1-20(2,3)14-21(4,5)16-8-12-18(13-9-16)24-17-10-6-15(7-11-17)19(22)23/h6-13H,14H2,1-5H3,(H2,22,23). The fourth-order valence-corrected chi connectivity index (χ4v) is 3.23.